The fraction of sp³-hybridized carbons (Fsp3) is 0.348. The lowest BCUT2D eigenvalue weighted by molar-refractivity contribution is 0.302. The Kier molecular flexibility index (Phi) is 6.57. The summed E-state index contributed by atoms with van der Waals surface area (Å²) in [4.78, 5) is 20.1. The molecule has 162 valence electrons. The lowest BCUT2D eigenvalue weighted by atomic mass is 10.2. The third-order valence-electron chi connectivity index (χ3n) is 5.49. The van der Waals surface area contributed by atoms with Gasteiger partial charge in [0.25, 0.3) is 0 Å². The van der Waals surface area contributed by atoms with Crippen molar-refractivity contribution in [1.82, 2.24) is 15.0 Å². The van der Waals surface area contributed by atoms with Crippen LogP contribution in [0.1, 0.15) is 6.92 Å². The highest BCUT2D eigenvalue weighted by atomic mass is 19.1. The van der Waals surface area contributed by atoms with Crippen molar-refractivity contribution < 1.29 is 9.50 Å². The molecule has 0 bridgehead atoms. The van der Waals surface area contributed by atoms with Crippen molar-refractivity contribution in [2.75, 3.05) is 60.6 Å². The first-order valence-electron chi connectivity index (χ1n) is 10.6. The van der Waals surface area contributed by atoms with E-state index in [0.29, 0.717) is 31.1 Å². The predicted molar refractivity (Wildman–Crippen MR) is 121 cm³/mol. The number of aliphatic hydroxyl groups excluding tert-OH is 1. The number of piperazine rings is 1. The molecule has 1 aliphatic rings. The Balaban J connectivity index is 1.61. The highest BCUT2D eigenvalue weighted by Gasteiger charge is 2.22. The first kappa shape index (κ1) is 21.0. The summed E-state index contributed by atoms with van der Waals surface area (Å²) in [6, 6.07) is 12.7. The molecule has 7 nitrogen and oxygen atoms in total. The Hall–Kier alpha value is -3.26. The number of anilines is 3. The number of aliphatic hydroxyl groups is 1. The van der Waals surface area contributed by atoms with E-state index in [9.17, 15) is 9.50 Å². The molecule has 1 aliphatic heterocycles. The Morgan fingerprint density at radius 2 is 1.81 bits per heavy atom. The van der Waals surface area contributed by atoms with Gasteiger partial charge in [-0.15, -0.1) is 0 Å². The average molecular weight is 423 g/mol. The van der Waals surface area contributed by atoms with Crippen LogP contribution in [0.2, 0.25) is 0 Å². The molecule has 31 heavy (non-hydrogen) atoms. The standard InChI is InChI=1S/C23H27FN6O/c1-2-28(14-15-31)21-16-22(27-23(26-21)18-6-5-9-25-17-18)30-12-10-29(11-13-30)20-8-4-3-7-19(20)24/h3-9,16-17,31H,2,10-15H2,1H3. The fourth-order valence-corrected chi connectivity index (χ4v) is 3.81. The van der Waals surface area contributed by atoms with Crippen LogP contribution in [0, 0.1) is 5.82 Å². The summed E-state index contributed by atoms with van der Waals surface area (Å²) in [6.45, 7) is 6.18. The van der Waals surface area contributed by atoms with Gasteiger partial charge in [0.1, 0.15) is 17.5 Å². The van der Waals surface area contributed by atoms with E-state index in [1.165, 1.54) is 6.07 Å². The number of hydrogen-bond acceptors (Lipinski definition) is 7. The zero-order chi connectivity index (χ0) is 21.6. The van der Waals surface area contributed by atoms with E-state index in [-0.39, 0.29) is 12.4 Å². The minimum absolute atomic E-state index is 0.0523. The van der Waals surface area contributed by atoms with Crippen LogP contribution >= 0.6 is 0 Å². The molecule has 0 atom stereocenters. The van der Waals surface area contributed by atoms with Crippen LogP contribution in [-0.4, -0.2) is 65.9 Å². The summed E-state index contributed by atoms with van der Waals surface area (Å²) in [6.07, 6.45) is 3.47. The molecule has 0 amide bonds. The molecule has 8 heteroatoms. The lowest BCUT2D eigenvalue weighted by Crippen LogP contribution is -2.47. The van der Waals surface area contributed by atoms with Crippen molar-refractivity contribution in [3.63, 3.8) is 0 Å². The van der Waals surface area contributed by atoms with Crippen molar-refractivity contribution in [3.8, 4) is 11.4 Å². The summed E-state index contributed by atoms with van der Waals surface area (Å²) in [5, 5.41) is 9.45. The SMILES string of the molecule is CCN(CCO)c1cc(N2CCN(c3ccccc3F)CC2)nc(-c2cccnc2)n1. The molecule has 2 aromatic heterocycles. The van der Waals surface area contributed by atoms with Gasteiger partial charge in [-0.2, -0.15) is 0 Å². The topological polar surface area (TPSA) is 68.6 Å². The summed E-state index contributed by atoms with van der Waals surface area (Å²) in [7, 11) is 0. The second kappa shape index (κ2) is 9.70. The lowest BCUT2D eigenvalue weighted by Gasteiger charge is -2.37. The van der Waals surface area contributed by atoms with Gasteiger partial charge in [0.05, 0.1) is 12.3 Å². The molecule has 3 heterocycles. The highest BCUT2D eigenvalue weighted by Crippen LogP contribution is 2.26. The Labute approximate surface area is 181 Å². The number of benzene rings is 1. The molecular weight excluding hydrogens is 395 g/mol. The molecule has 1 aromatic carbocycles. The van der Waals surface area contributed by atoms with Gasteiger partial charge >= 0.3 is 0 Å². The van der Waals surface area contributed by atoms with Gasteiger partial charge in [-0.05, 0) is 31.2 Å². The molecule has 1 saturated heterocycles. The minimum atomic E-state index is -0.193. The minimum Gasteiger partial charge on any atom is -0.395 e. The summed E-state index contributed by atoms with van der Waals surface area (Å²) >= 11 is 0. The first-order valence-corrected chi connectivity index (χ1v) is 10.6. The van der Waals surface area contributed by atoms with Gasteiger partial charge < -0.3 is 19.8 Å². The van der Waals surface area contributed by atoms with Crippen LogP contribution < -0.4 is 14.7 Å². The van der Waals surface area contributed by atoms with Crippen LogP contribution in [-0.2, 0) is 0 Å². The second-order valence-electron chi connectivity index (χ2n) is 7.38. The predicted octanol–water partition coefficient (Wildman–Crippen LogP) is 2.82. The Morgan fingerprint density at radius 1 is 1.03 bits per heavy atom. The number of hydrogen-bond donors (Lipinski definition) is 1. The number of para-hydroxylation sites is 1. The van der Waals surface area contributed by atoms with E-state index in [0.717, 1.165) is 36.8 Å². The molecule has 3 aromatic rings. The van der Waals surface area contributed by atoms with Crippen LogP contribution in [0.3, 0.4) is 0 Å². The maximum atomic E-state index is 14.2. The first-order chi connectivity index (χ1) is 15.2. The van der Waals surface area contributed by atoms with Gasteiger partial charge in [0.2, 0.25) is 0 Å². The number of pyridine rings is 1. The zero-order valence-corrected chi connectivity index (χ0v) is 17.7. The number of aromatic nitrogens is 3. The fourth-order valence-electron chi connectivity index (χ4n) is 3.81. The second-order valence-corrected chi connectivity index (χ2v) is 7.38. The van der Waals surface area contributed by atoms with E-state index < -0.39 is 0 Å². The molecule has 0 aliphatic carbocycles. The van der Waals surface area contributed by atoms with E-state index in [1.807, 2.05) is 42.2 Å². The molecule has 0 spiro atoms. The van der Waals surface area contributed by atoms with Crippen LogP contribution in [0.4, 0.5) is 21.7 Å². The molecule has 4 rings (SSSR count). The van der Waals surface area contributed by atoms with Crippen molar-refractivity contribution >= 4 is 17.3 Å². The highest BCUT2D eigenvalue weighted by molar-refractivity contribution is 5.62. The molecular formula is C23H27FN6O. The zero-order valence-electron chi connectivity index (χ0n) is 17.7. The van der Waals surface area contributed by atoms with E-state index in [1.54, 1.807) is 18.5 Å². The molecule has 0 unspecified atom stereocenters. The van der Waals surface area contributed by atoms with Crippen LogP contribution in [0.15, 0.2) is 54.9 Å². The van der Waals surface area contributed by atoms with Crippen molar-refractivity contribution in [1.29, 1.82) is 0 Å². The number of rotatable bonds is 7. The van der Waals surface area contributed by atoms with E-state index >= 15 is 0 Å². The largest absolute Gasteiger partial charge is 0.395 e. The third-order valence-corrected chi connectivity index (χ3v) is 5.49. The van der Waals surface area contributed by atoms with Crippen molar-refractivity contribution in [2.45, 2.75) is 6.92 Å². The van der Waals surface area contributed by atoms with Gasteiger partial charge in [0, 0.05) is 63.3 Å². The van der Waals surface area contributed by atoms with Crippen LogP contribution in [0.5, 0.6) is 0 Å². The average Bonchev–Trinajstić information content (AvgIpc) is 2.83. The summed E-state index contributed by atoms with van der Waals surface area (Å²) in [5.74, 6) is 2.01. The number of halogens is 1. The van der Waals surface area contributed by atoms with Gasteiger partial charge in [-0.3, -0.25) is 4.98 Å². The van der Waals surface area contributed by atoms with Crippen molar-refractivity contribution in [2.24, 2.45) is 0 Å². The normalized spacial score (nSPS) is 14.0. The van der Waals surface area contributed by atoms with Gasteiger partial charge in [0.15, 0.2) is 5.82 Å². The maximum Gasteiger partial charge on any atom is 0.165 e. The molecule has 0 saturated carbocycles. The number of nitrogens with zero attached hydrogens (tertiary/aromatic N) is 6. The maximum absolute atomic E-state index is 14.2. The smallest absolute Gasteiger partial charge is 0.165 e. The Morgan fingerprint density at radius 3 is 2.48 bits per heavy atom. The quantitative estimate of drug-likeness (QED) is 0.628. The van der Waals surface area contributed by atoms with Gasteiger partial charge in [-0.1, -0.05) is 12.1 Å². The summed E-state index contributed by atoms with van der Waals surface area (Å²) < 4.78 is 14.2. The van der Waals surface area contributed by atoms with Crippen LogP contribution in [0.25, 0.3) is 11.4 Å². The van der Waals surface area contributed by atoms with E-state index in [2.05, 4.69) is 14.8 Å². The van der Waals surface area contributed by atoms with Gasteiger partial charge in [-0.25, -0.2) is 14.4 Å². The number of likely N-dealkylation sites (N-methyl/N-ethyl adjacent to an activating group) is 1. The van der Waals surface area contributed by atoms with E-state index in [4.69, 9.17) is 9.97 Å². The molecule has 0 radical (unpaired) electrons. The van der Waals surface area contributed by atoms with Crippen molar-refractivity contribution in [3.05, 3.63) is 60.7 Å². The monoisotopic (exact) mass is 422 g/mol. The molecule has 1 N–H and O–H groups in total. The molecule has 1 fully saturated rings. The Bertz CT molecular complexity index is 994. The third kappa shape index (κ3) is 4.74. The summed E-state index contributed by atoms with van der Waals surface area (Å²) in [5.41, 5.74) is 1.48.